The number of anilines is 1. The van der Waals surface area contributed by atoms with Crippen LogP contribution in [-0.2, 0) is 4.79 Å². The predicted molar refractivity (Wildman–Crippen MR) is 106 cm³/mol. The van der Waals surface area contributed by atoms with E-state index in [2.05, 4.69) is 41.1 Å². The zero-order chi connectivity index (χ0) is 17.5. The number of thioether (sulfide) groups is 1. The second-order valence-corrected chi connectivity index (χ2v) is 7.25. The molecule has 3 nitrogen and oxygen atoms in total. The molecule has 2 aromatic rings. The molecule has 0 aliphatic carbocycles. The first-order chi connectivity index (χ1) is 12.3. The summed E-state index contributed by atoms with van der Waals surface area (Å²) in [6.45, 7) is 5.16. The third-order valence-corrected chi connectivity index (χ3v) is 5.48. The summed E-state index contributed by atoms with van der Waals surface area (Å²) < 4.78 is 0. The third kappa shape index (κ3) is 4.74. The van der Waals surface area contributed by atoms with Gasteiger partial charge in [-0.25, -0.2) is 0 Å². The van der Waals surface area contributed by atoms with E-state index in [1.54, 1.807) is 11.8 Å². The zero-order valence-corrected chi connectivity index (χ0v) is 15.2. The maximum absolute atomic E-state index is 12.6. The number of nitrogens with zero attached hydrogens (tertiary/aromatic N) is 1. The highest BCUT2D eigenvalue weighted by Crippen LogP contribution is 2.32. The fourth-order valence-electron chi connectivity index (χ4n) is 3.29. The molecule has 1 heterocycles. The van der Waals surface area contributed by atoms with Crippen LogP contribution in [0.2, 0.25) is 0 Å². The minimum absolute atomic E-state index is 0.0504. The van der Waals surface area contributed by atoms with Crippen LogP contribution in [0.5, 0.6) is 0 Å². The Morgan fingerprint density at radius 2 is 1.96 bits per heavy atom. The molecule has 1 aliphatic heterocycles. The number of hydrogen-bond donors (Lipinski definition) is 1. The average molecular weight is 353 g/mol. The molecule has 1 aliphatic rings. The molecule has 1 N–H and O–H groups in total. The molecule has 2 aromatic carbocycles. The third-order valence-electron chi connectivity index (χ3n) is 4.41. The number of benzene rings is 2. The molecule has 1 atom stereocenters. The van der Waals surface area contributed by atoms with Gasteiger partial charge in [-0.15, -0.1) is 18.3 Å². The lowest BCUT2D eigenvalue weighted by molar-refractivity contribution is -0.117. The van der Waals surface area contributed by atoms with E-state index >= 15 is 0 Å². The SMILES string of the molecule is C=CCSc1ccccc1NC(=O)CN1CCCC1c1ccccc1. The molecular weight excluding hydrogens is 328 g/mol. The highest BCUT2D eigenvalue weighted by Gasteiger charge is 2.27. The topological polar surface area (TPSA) is 32.3 Å². The molecule has 1 fully saturated rings. The summed E-state index contributed by atoms with van der Waals surface area (Å²) in [5.41, 5.74) is 2.18. The van der Waals surface area contributed by atoms with Gasteiger partial charge in [0, 0.05) is 16.7 Å². The molecule has 4 heteroatoms. The number of likely N-dealkylation sites (tertiary alicyclic amines) is 1. The number of carbonyl (C=O) groups is 1. The van der Waals surface area contributed by atoms with Crippen LogP contribution in [0.25, 0.3) is 0 Å². The number of carbonyl (C=O) groups excluding carboxylic acids is 1. The molecular formula is C21H24N2OS. The number of nitrogens with one attached hydrogen (secondary N) is 1. The molecule has 1 amide bonds. The van der Waals surface area contributed by atoms with Gasteiger partial charge in [-0.2, -0.15) is 0 Å². The van der Waals surface area contributed by atoms with Crippen LogP contribution in [0.3, 0.4) is 0 Å². The minimum Gasteiger partial charge on any atom is -0.324 e. The van der Waals surface area contributed by atoms with Crippen LogP contribution in [0.1, 0.15) is 24.4 Å². The summed E-state index contributed by atoms with van der Waals surface area (Å²) in [5.74, 6) is 0.879. The van der Waals surface area contributed by atoms with Crippen LogP contribution in [0.15, 0.2) is 72.1 Å². The summed E-state index contributed by atoms with van der Waals surface area (Å²) in [7, 11) is 0. The van der Waals surface area contributed by atoms with E-state index in [1.807, 2.05) is 36.4 Å². The van der Waals surface area contributed by atoms with Gasteiger partial charge in [0.05, 0.1) is 12.2 Å². The highest BCUT2D eigenvalue weighted by molar-refractivity contribution is 7.99. The van der Waals surface area contributed by atoms with Crippen molar-refractivity contribution in [3.05, 3.63) is 72.8 Å². The molecule has 0 bridgehead atoms. The Labute approximate surface area is 154 Å². The molecule has 0 saturated carbocycles. The Kier molecular flexibility index (Phi) is 6.31. The Morgan fingerprint density at radius 3 is 2.76 bits per heavy atom. The molecule has 3 rings (SSSR count). The van der Waals surface area contributed by atoms with Gasteiger partial charge in [-0.05, 0) is 37.1 Å². The fourth-order valence-corrected chi connectivity index (χ4v) is 4.03. The first kappa shape index (κ1) is 17.8. The first-order valence-electron chi connectivity index (χ1n) is 8.69. The Bertz CT molecular complexity index is 717. The average Bonchev–Trinajstić information content (AvgIpc) is 3.09. The van der Waals surface area contributed by atoms with Crippen molar-refractivity contribution < 1.29 is 4.79 Å². The molecule has 0 radical (unpaired) electrons. The van der Waals surface area contributed by atoms with Crippen LogP contribution >= 0.6 is 11.8 Å². The van der Waals surface area contributed by atoms with Crippen molar-refractivity contribution >= 4 is 23.4 Å². The quantitative estimate of drug-likeness (QED) is 0.577. The van der Waals surface area contributed by atoms with Crippen molar-refractivity contribution in [2.75, 3.05) is 24.2 Å². The fraction of sp³-hybridized carbons (Fsp3) is 0.286. The van der Waals surface area contributed by atoms with Crippen molar-refractivity contribution in [2.45, 2.75) is 23.8 Å². The van der Waals surface area contributed by atoms with Gasteiger partial charge in [0.15, 0.2) is 0 Å². The summed E-state index contributed by atoms with van der Waals surface area (Å²) in [6.07, 6.45) is 4.12. The number of para-hydroxylation sites is 1. The van der Waals surface area contributed by atoms with Crippen molar-refractivity contribution in [1.82, 2.24) is 4.90 Å². The standard InChI is InChI=1S/C21H24N2OS/c1-2-15-25-20-13-7-6-11-18(20)22-21(24)16-23-14-8-12-19(23)17-9-4-3-5-10-17/h2-7,9-11,13,19H,1,8,12,14-16H2,(H,22,24). The van der Waals surface area contributed by atoms with E-state index in [0.29, 0.717) is 12.6 Å². The van der Waals surface area contributed by atoms with Crippen LogP contribution in [-0.4, -0.2) is 29.6 Å². The molecule has 1 unspecified atom stereocenters. The maximum atomic E-state index is 12.6. The van der Waals surface area contributed by atoms with Crippen LogP contribution < -0.4 is 5.32 Å². The van der Waals surface area contributed by atoms with Gasteiger partial charge in [-0.1, -0.05) is 48.5 Å². The van der Waals surface area contributed by atoms with Crippen molar-refractivity contribution in [2.24, 2.45) is 0 Å². The lowest BCUT2D eigenvalue weighted by Gasteiger charge is -2.24. The zero-order valence-electron chi connectivity index (χ0n) is 14.4. The van der Waals surface area contributed by atoms with E-state index in [1.165, 1.54) is 5.56 Å². The Balaban J connectivity index is 1.64. The normalized spacial score (nSPS) is 17.4. The van der Waals surface area contributed by atoms with Crippen LogP contribution in [0, 0.1) is 0 Å². The monoisotopic (exact) mass is 352 g/mol. The maximum Gasteiger partial charge on any atom is 0.238 e. The largest absolute Gasteiger partial charge is 0.324 e. The summed E-state index contributed by atoms with van der Waals surface area (Å²) in [4.78, 5) is 16.0. The minimum atomic E-state index is 0.0504. The Hall–Kier alpha value is -2.04. The van der Waals surface area contributed by atoms with E-state index in [0.717, 1.165) is 35.7 Å². The number of rotatable bonds is 7. The predicted octanol–water partition coefficient (Wildman–Crippen LogP) is 4.74. The van der Waals surface area contributed by atoms with Crippen molar-refractivity contribution in [1.29, 1.82) is 0 Å². The second-order valence-electron chi connectivity index (χ2n) is 6.18. The van der Waals surface area contributed by atoms with Gasteiger partial charge < -0.3 is 5.32 Å². The molecule has 130 valence electrons. The molecule has 1 saturated heterocycles. The van der Waals surface area contributed by atoms with Crippen LogP contribution in [0.4, 0.5) is 5.69 Å². The summed E-state index contributed by atoms with van der Waals surface area (Å²) in [5, 5.41) is 3.08. The first-order valence-corrected chi connectivity index (χ1v) is 9.68. The Morgan fingerprint density at radius 1 is 1.20 bits per heavy atom. The summed E-state index contributed by atoms with van der Waals surface area (Å²) in [6, 6.07) is 18.8. The lowest BCUT2D eigenvalue weighted by atomic mass is 10.0. The number of hydrogen-bond acceptors (Lipinski definition) is 3. The highest BCUT2D eigenvalue weighted by atomic mass is 32.2. The summed E-state index contributed by atoms with van der Waals surface area (Å²) >= 11 is 1.68. The van der Waals surface area contributed by atoms with Gasteiger partial charge in [-0.3, -0.25) is 9.69 Å². The van der Waals surface area contributed by atoms with E-state index < -0.39 is 0 Å². The number of amides is 1. The lowest BCUT2D eigenvalue weighted by Crippen LogP contribution is -2.33. The second kappa shape index (κ2) is 8.88. The van der Waals surface area contributed by atoms with Gasteiger partial charge in [0.1, 0.15) is 0 Å². The molecule has 0 spiro atoms. The van der Waals surface area contributed by atoms with Crippen molar-refractivity contribution in [3.8, 4) is 0 Å². The van der Waals surface area contributed by atoms with E-state index in [-0.39, 0.29) is 5.91 Å². The van der Waals surface area contributed by atoms with E-state index in [9.17, 15) is 4.79 Å². The molecule has 0 aromatic heterocycles. The van der Waals surface area contributed by atoms with Crippen molar-refractivity contribution in [3.63, 3.8) is 0 Å². The van der Waals surface area contributed by atoms with Gasteiger partial charge >= 0.3 is 0 Å². The smallest absolute Gasteiger partial charge is 0.238 e. The van der Waals surface area contributed by atoms with Gasteiger partial charge in [0.2, 0.25) is 5.91 Å². The van der Waals surface area contributed by atoms with E-state index in [4.69, 9.17) is 0 Å². The van der Waals surface area contributed by atoms with Gasteiger partial charge in [0.25, 0.3) is 0 Å². The molecule has 25 heavy (non-hydrogen) atoms.